The van der Waals surface area contributed by atoms with Gasteiger partial charge in [-0.2, -0.15) is 0 Å². The van der Waals surface area contributed by atoms with Crippen molar-refractivity contribution in [2.24, 2.45) is 0 Å². The molecule has 0 aliphatic heterocycles. The monoisotopic (exact) mass is 192 g/mol. The van der Waals surface area contributed by atoms with Gasteiger partial charge in [0.25, 0.3) is 0 Å². The molecule has 0 aliphatic carbocycles. The van der Waals surface area contributed by atoms with Crippen molar-refractivity contribution in [3.8, 4) is 5.75 Å². The van der Waals surface area contributed by atoms with Crippen molar-refractivity contribution in [2.45, 2.75) is 33.1 Å². The number of unbranched alkanes of at least 4 members (excludes halogenated alkanes) is 1. The van der Waals surface area contributed by atoms with Gasteiger partial charge >= 0.3 is 10.5 Å². The lowest BCUT2D eigenvalue weighted by Crippen LogP contribution is -1.97. The normalized spacial score (nSPS) is 10.1. The molecule has 0 unspecified atom stereocenters. The Labute approximate surface area is 82.9 Å². The van der Waals surface area contributed by atoms with Crippen LogP contribution >= 0.6 is 0 Å². The zero-order chi connectivity index (χ0) is 9.68. The molecule has 0 saturated heterocycles. The van der Waals surface area contributed by atoms with Crippen molar-refractivity contribution in [2.75, 3.05) is 0 Å². The van der Waals surface area contributed by atoms with E-state index in [4.69, 9.17) is 4.43 Å². The van der Waals surface area contributed by atoms with Gasteiger partial charge in [-0.25, -0.2) is 0 Å². The molecule has 13 heavy (non-hydrogen) atoms. The quantitative estimate of drug-likeness (QED) is 0.682. The van der Waals surface area contributed by atoms with E-state index in [-0.39, 0.29) is 0 Å². The minimum absolute atomic E-state index is 0.868. The molecule has 0 spiro atoms. The van der Waals surface area contributed by atoms with Crippen molar-refractivity contribution < 1.29 is 4.43 Å². The molecule has 3 heteroatoms. The highest BCUT2D eigenvalue weighted by atomic mass is 28.2. The standard InChI is InChI=1S/C10H14NOSi/c1-3-4-5-9-6-7-11-8(2)10(9)12-13/h6-7H,3-5H2,1-2H3. The molecule has 0 fully saturated rings. The zero-order valence-corrected chi connectivity index (χ0v) is 9.13. The Hall–Kier alpha value is -0.833. The third-order valence-corrected chi connectivity index (χ3v) is 2.27. The van der Waals surface area contributed by atoms with Gasteiger partial charge in [-0.3, -0.25) is 4.98 Å². The first-order valence-electron chi connectivity index (χ1n) is 4.57. The summed E-state index contributed by atoms with van der Waals surface area (Å²) in [5.74, 6) is 0.868. The Morgan fingerprint density at radius 2 is 2.31 bits per heavy atom. The zero-order valence-electron chi connectivity index (χ0n) is 8.13. The Bertz CT molecular complexity index is 276. The van der Waals surface area contributed by atoms with Gasteiger partial charge in [0.2, 0.25) is 0 Å². The summed E-state index contributed by atoms with van der Waals surface area (Å²) in [6, 6.07) is 2.01. The maximum absolute atomic E-state index is 5.12. The summed E-state index contributed by atoms with van der Waals surface area (Å²) < 4.78 is 5.12. The van der Waals surface area contributed by atoms with E-state index in [1.54, 1.807) is 0 Å². The minimum Gasteiger partial charge on any atom is -0.539 e. The highest BCUT2D eigenvalue weighted by molar-refractivity contribution is 6.00. The van der Waals surface area contributed by atoms with E-state index in [9.17, 15) is 0 Å². The Kier molecular flexibility index (Phi) is 3.96. The lowest BCUT2D eigenvalue weighted by Gasteiger charge is -2.09. The van der Waals surface area contributed by atoms with Crippen LogP contribution in [0.2, 0.25) is 0 Å². The number of nitrogens with zero attached hydrogens (tertiary/aromatic N) is 1. The van der Waals surface area contributed by atoms with Crippen LogP contribution in [0.1, 0.15) is 31.0 Å². The molecule has 1 heterocycles. The fourth-order valence-electron chi connectivity index (χ4n) is 1.31. The first-order chi connectivity index (χ1) is 6.29. The lowest BCUT2D eigenvalue weighted by atomic mass is 10.1. The largest absolute Gasteiger partial charge is 0.539 e. The smallest absolute Gasteiger partial charge is 0.341 e. The molecule has 69 valence electrons. The molecule has 0 bridgehead atoms. The Balaban J connectivity index is 2.85. The summed E-state index contributed by atoms with van der Waals surface area (Å²) in [4.78, 5) is 4.16. The van der Waals surface area contributed by atoms with Gasteiger partial charge in [-0.05, 0) is 31.4 Å². The number of aryl methyl sites for hydroxylation is 2. The molecule has 1 aromatic rings. The molecule has 0 aliphatic rings. The van der Waals surface area contributed by atoms with Crippen molar-refractivity contribution in [3.05, 3.63) is 23.5 Å². The summed E-state index contributed by atoms with van der Waals surface area (Å²) in [5, 5.41) is 0. The van der Waals surface area contributed by atoms with Crippen LogP contribution in [0, 0.1) is 6.92 Å². The van der Waals surface area contributed by atoms with Gasteiger partial charge in [-0.1, -0.05) is 13.3 Å². The predicted octanol–water partition coefficient (Wildman–Crippen LogP) is 2.19. The second kappa shape index (κ2) is 5.02. The summed E-state index contributed by atoms with van der Waals surface area (Å²) >= 11 is 0. The van der Waals surface area contributed by atoms with Crippen LogP contribution < -0.4 is 4.43 Å². The van der Waals surface area contributed by atoms with E-state index in [0.29, 0.717) is 0 Å². The number of aromatic nitrogens is 1. The van der Waals surface area contributed by atoms with Gasteiger partial charge in [0, 0.05) is 6.20 Å². The number of hydrogen-bond donors (Lipinski definition) is 0. The van der Waals surface area contributed by atoms with Crippen LogP contribution in [0.4, 0.5) is 0 Å². The van der Waals surface area contributed by atoms with Gasteiger partial charge in [0.15, 0.2) is 0 Å². The van der Waals surface area contributed by atoms with Gasteiger partial charge in [0.05, 0.1) is 5.69 Å². The van der Waals surface area contributed by atoms with Crippen LogP contribution in [-0.2, 0) is 6.42 Å². The number of hydrogen-bond acceptors (Lipinski definition) is 2. The predicted molar refractivity (Wildman–Crippen MR) is 54.0 cm³/mol. The van der Waals surface area contributed by atoms with Crippen molar-refractivity contribution >= 4 is 10.5 Å². The third-order valence-electron chi connectivity index (χ3n) is 2.07. The first-order valence-corrected chi connectivity index (χ1v) is 4.98. The molecule has 0 amide bonds. The van der Waals surface area contributed by atoms with Gasteiger partial charge in [-0.15, -0.1) is 0 Å². The van der Waals surface area contributed by atoms with Crippen LogP contribution in [0.3, 0.4) is 0 Å². The maximum Gasteiger partial charge on any atom is 0.341 e. The first kappa shape index (κ1) is 10.2. The second-order valence-electron chi connectivity index (χ2n) is 3.09. The summed E-state index contributed by atoms with van der Waals surface area (Å²) in [5.41, 5.74) is 2.16. The molecule has 2 nitrogen and oxygen atoms in total. The van der Waals surface area contributed by atoms with Gasteiger partial charge < -0.3 is 4.43 Å². The summed E-state index contributed by atoms with van der Waals surface area (Å²) in [6.45, 7) is 4.13. The second-order valence-corrected chi connectivity index (χ2v) is 3.29. The highest BCUT2D eigenvalue weighted by Gasteiger charge is 2.05. The molecule has 0 N–H and O–H groups in total. The summed E-state index contributed by atoms with van der Waals surface area (Å²) in [6.07, 6.45) is 5.27. The van der Waals surface area contributed by atoms with E-state index in [0.717, 1.165) is 17.9 Å². The highest BCUT2D eigenvalue weighted by Crippen LogP contribution is 2.22. The average Bonchev–Trinajstić information content (AvgIpc) is 2.15. The van der Waals surface area contributed by atoms with Crippen molar-refractivity contribution in [3.63, 3.8) is 0 Å². The minimum atomic E-state index is 0.868. The Morgan fingerprint density at radius 1 is 1.54 bits per heavy atom. The van der Waals surface area contributed by atoms with E-state index >= 15 is 0 Å². The molecule has 0 atom stereocenters. The molecular weight excluding hydrogens is 178 g/mol. The van der Waals surface area contributed by atoms with Crippen LogP contribution in [0.25, 0.3) is 0 Å². The van der Waals surface area contributed by atoms with Crippen LogP contribution in [0.5, 0.6) is 5.75 Å². The van der Waals surface area contributed by atoms with E-state index < -0.39 is 0 Å². The molecule has 1 aromatic heterocycles. The molecule has 0 saturated carbocycles. The number of pyridine rings is 1. The van der Waals surface area contributed by atoms with E-state index in [1.807, 2.05) is 19.2 Å². The van der Waals surface area contributed by atoms with E-state index in [1.165, 1.54) is 18.4 Å². The molecule has 1 rings (SSSR count). The fraction of sp³-hybridized carbons (Fsp3) is 0.500. The topological polar surface area (TPSA) is 22.1 Å². The average molecular weight is 192 g/mol. The SMILES string of the molecule is CCCCc1ccnc(C)c1O[Si]. The van der Waals surface area contributed by atoms with Crippen molar-refractivity contribution in [1.29, 1.82) is 0 Å². The van der Waals surface area contributed by atoms with E-state index in [2.05, 4.69) is 22.4 Å². The molecule has 3 radical (unpaired) electrons. The summed E-state index contributed by atoms with van der Waals surface area (Å²) in [7, 11) is 3.06. The van der Waals surface area contributed by atoms with Crippen LogP contribution in [0.15, 0.2) is 12.3 Å². The molecule has 0 aromatic carbocycles. The third kappa shape index (κ3) is 2.55. The van der Waals surface area contributed by atoms with Crippen molar-refractivity contribution in [1.82, 2.24) is 4.98 Å². The maximum atomic E-state index is 5.12. The van der Waals surface area contributed by atoms with Crippen LogP contribution in [-0.4, -0.2) is 15.5 Å². The number of rotatable bonds is 4. The Morgan fingerprint density at radius 3 is 2.92 bits per heavy atom. The molecular formula is C10H14NOSi. The fourth-order valence-corrected chi connectivity index (χ4v) is 1.59. The lowest BCUT2D eigenvalue weighted by molar-refractivity contribution is 0.589. The van der Waals surface area contributed by atoms with Gasteiger partial charge in [0.1, 0.15) is 5.75 Å².